The monoisotopic (exact) mass is 175 g/mol. The zero-order valence-corrected chi connectivity index (χ0v) is 8.42. The summed E-state index contributed by atoms with van der Waals surface area (Å²) in [4.78, 5) is 0. The van der Waals surface area contributed by atoms with Crippen LogP contribution < -0.4 is 5.32 Å². The van der Waals surface area contributed by atoms with E-state index in [0.29, 0.717) is 5.41 Å². The second-order valence-corrected chi connectivity index (χ2v) is 3.40. The SMILES string of the molecule is C#CCCC(C)(C)CNC.Cl. The maximum atomic E-state index is 5.16. The van der Waals surface area contributed by atoms with Crippen LogP contribution in [0.25, 0.3) is 0 Å². The number of hydrogen-bond donors (Lipinski definition) is 1. The molecule has 0 aromatic rings. The van der Waals surface area contributed by atoms with Crippen LogP contribution in [-0.2, 0) is 0 Å². The van der Waals surface area contributed by atoms with E-state index < -0.39 is 0 Å². The first-order valence-electron chi connectivity index (χ1n) is 3.70. The first-order chi connectivity index (χ1) is 4.62. The number of nitrogens with one attached hydrogen (secondary N) is 1. The molecule has 0 aliphatic carbocycles. The van der Waals surface area contributed by atoms with Crippen molar-refractivity contribution >= 4 is 12.4 Å². The molecule has 2 heteroatoms. The van der Waals surface area contributed by atoms with Crippen LogP contribution in [0.3, 0.4) is 0 Å². The minimum absolute atomic E-state index is 0. The molecule has 0 unspecified atom stereocenters. The Hall–Kier alpha value is -0.190. The molecule has 0 fully saturated rings. The van der Waals surface area contributed by atoms with Crippen molar-refractivity contribution in [3.05, 3.63) is 0 Å². The minimum atomic E-state index is 0. The summed E-state index contributed by atoms with van der Waals surface area (Å²) in [5, 5.41) is 3.15. The van der Waals surface area contributed by atoms with Crippen LogP contribution in [0.1, 0.15) is 26.7 Å². The van der Waals surface area contributed by atoms with Crippen LogP contribution in [-0.4, -0.2) is 13.6 Å². The summed E-state index contributed by atoms with van der Waals surface area (Å²) in [6.45, 7) is 5.48. The highest BCUT2D eigenvalue weighted by Crippen LogP contribution is 2.19. The van der Waals surface area contributed by atoms with Gasteiger partial charge in [0, 0.05) is 6.42 Å². The molecule has 0 aromatic carbocycles. The molecule has 0 aliphatic rings. The molecule has 0 rings (SSSR count). The molecule has 0 heterocycles. The van der Waals surface area contributed by atoms with Gasteiger partial charge in [-0.2, -0.15) is 0 Å². The van der Waals surface area contributed by atoms with E-state index in [1.165, 1.54) is 0 Å². The van der Waals surface area contributed by atoms with Crippen LogP contribution in [0.5, 0.6) is 0 Å². The largest absolute Gasteiger partial charge is 0.319 e. The fourth-order valence-electron chi connectivity index (χ4n) is 0.977. The highest BCUT2D eigenvalue weighted by atomic mass is 35.5. The average Bonchev–Trinajstić information content (AvgIpc) is 1.84. The Morgan fingerprint density at radius 3 is 2.36 bits per heavy atom. The second-order valence-electron chi connectivity index (χ2n) is 3.40. The lowest BCUT2D eigenvalue weighted by molar-refractivity contribution is 0.329. The van der Waals surface area contributed by atoms with Crippen molar-refractivity contribution in [1.82, 2.24) is 5.32 Å². The van der Waals surface area contributed by atoms with Gasteiger partial charge in [0.1, 0.15) is 0 Å². The topological polar surface area (TPSA) is 12.0 Å². The van der Waals surface area contributed by atoms with Crippen LogP contribution in [0.4, 0.5) is 0 Å². The Morgan fingerprint density at radius 1 is 1.45 bits per heavy atom. The van der Waals surface area contributed by atoms with Crippen molar-refractivity contribution < 1.29 is 0 Å². The summed E-state index contributed by atoms with van der Waals surface area (Å²) in [7, 11) is 1.97. The molecule has 0 aliphatic heterocycles. The third-order valence-corrected chi connectivity index (χ3v) is 1.60. The quantitative estimate of drug-likeness (QED) is 0.646. The smallest absolute Gasteiger partial charge is 0.00916 e. The fraction of sp³-hybridized carbons (Fsp3) is 0.778. The van der Waals surface area contributed by atoms with Gasteiger partial charge in [-0.25, -0.2) is 0 Å². The third-order valence-electron chi connectivity index (χ3n) is 1.60. The zero-order chi connectivity index (χ0) is 8.04. The molecule has 0 bridgehead atoms. The van der Waals surface area contributed by atoms with Gasteiger partial charge in [0.25, 0.3) is 0 Å². The lowest BCUT2D eigenvalue weighted by atomic mass is 9.88. The van der Waals surface area contributed by atoms with Crippen molar-refractivity contribution in [1.29, 1.82) is 0 Å². The predicted octanol–water partition coefficient (Wildman–Crippen LogP) is 2.07. The average molecular weight is 176 g/mol. The lowest BCUT2D eigenvalue weighted by Gasteiger charge is -2.22. The summed E-state index contributed by atoms with van der Waals surface area (Å²) < 4.78 is 0. The first-order valence-corrected chi connectivity index (χ1v) is 3.70. The second kappa shape index (κ2) is 6.52. The highest BCUT2D eigenvalue weighted by Gasteiger charge is 2.14. The van der Waals surface area contributed by atoms with Gasteiger partial charge < -0.3 is 5.32 Å². The van der Waals surface area contributed by atoms with Crippen LogP contribution in [0.2, 0.25) is 0 Å². The first kappa shape index (κ1) is 13.4. The molecule has 66 valence electrons. The number of terminal acetylenes is 1. The highest BCUT2D eigenvalue weighted by molar-refractivity contribution is 5.85. The van der Waals surface area contributed by atoms with Gasteiger partial charge in [-0.1, -0.05) is 13.8 Å². The van der Waals surface area contributed by atoms with Crippen molar-refractivity contribution in [2.24, 2.45) is 5.41 Å². The van der Waals surface area contributed by atoms with E-state index in [-0.39, 0.29) is 12.4 Å². The number of rotatable bonds is 4. The third kappa shape index (κ3) is 7.71. The van der Waals surface area contributed by atoms with Gasteiger partial charge in [0.15, 0.2) is 0 Å². The Labute approximate surface area is 76.4 Å². The molecule has 0 amide bonds. The van der Waals surface area contributed by atoms with Gasteiger partial charge in [-0.15, -0.1) is 24.8 Å². The molecule has 0 spiro atoms. The van der Waals surface area contributed by atoms with Gasteiger partial charge in [0.2, 0.25) is 0 Å². The summed E-state index contributed by atoms with van der Waals surface area (Å²) in [5.74, 6) is 2.65. The number of halogens is 1. The lowest BCUT2D eigenvalue weighted by Crippen LogP contribution is -2.26. The summed E-state index contributed by atoms with van der Waals surface area (Å²) in [6, 6.07) is 0. The Balaban J connectivity index is 0. The molecule has 0 aromatic heterocycles. The molecule has 1 nitrogen and oxygen atoms in total. The van der Waals surface area contributed by atoms with Crippen molar-refractivity contribution in [2.45, 2.75) is 26.7 Å². The van der Waals surface area contributed by atoms with Gasteiger partial charge in [0.05, 0.1) is 0 Å². The Morgan fingerprint density at radius 2 is 2.00 bits per heavy atom. The van der Waals surface area contributed by atoms with E-state index in [1.807, 2.05) is 7.05 Å². The standard InChI is InChI=1S/C9H17N.ClH/c1-5-6-7-9(2,3)8-10-4;/h1,10H,6-8H2,2-4H3;1H. The normalized spacial score (nSPS) is 10.0. The maximum Gasteiger partial charge on any atom is 0.00916 e. The van der Waals surface area contributed by atoms with E-state index in [2.05, 4.69) is 25.1 Å². The molecule has 0 saturated heterocycles. The van der Waals surface area contributed by atoms with E-state index in [1.54, 1.807) is 0 Å². The molecule has 0 radical (unpaired) electrons. The van der Waals surface area contributed by atoms with Crippen molar-refractivity contribution in [3.63, 3.8) is 0 Å². The summed E-state index contributed by atoms with van der Waals surface area (Å²) in [6.07, 6.45) is 7.15. The predicted molar refractivity (Wildman–Crippen MR) is 53.0 cm³/mol. The van der Waals surface area contributed by atoms with Gasteiger partial charge in [-0.3, -0.25) is 0 Å². The van der Waals surface area contributed by atoms with Crippen LogP contribution >= 0.6 is 12.4 Å². The Bertz CT molecular complexity index is 124. The summed E-state index contributed by atoms with van der Waals surface area (Å²) in [5.41, 5.74) is 0.348. The van der Waals surface area contributed by atoms with Crippen LogP contribution in [0.15, 0.2) is 0 Å². The van der Waals surface area contributed by atoms with E-state index in [0.717, 1.165) is 19.4 Å². The van der Waals surface area contributed by atoms with E-state index in [4.69, 9.17) is 6.42 Å². The minimum Gasteiger partial charge on any atom is -0.319 e. The van der Waals surface area contributed by atoms with Gasteiger partial charge >= 0.3 is 0 Å². The summed E-state index contributed by atoms with van der Waals surface area (Å²) >= 11 is 0. The molecular formula is C9H18ClN. The van der Waals surface area contributed by atoms with Crippen molar-refractivity contribution in [2.75, 3.05) is 13.6 Å². The van der Waals surface area contributed by atoms with Gasteiger partial charge in [-0.05, 0) is 25.4 Å². The van der Waals surface area contributed by atoms with E-state index in [9.17, 15) is 0 Å². The number of hydrogen-bond acceptors (Lipinski definition) is 1. The molecule has 11 heavy (non-hydrogen) atoms. The Kier molecular flexibility index (Phi) is 7.94. The fourth-order valence-corrected chi connectivity index (χ4v) is 0.977. The zero-order valence-electron chi connectivity index (χ0n) is 7.61. The van der Waals surface area contributed by atoms with Crippen LogP contribution in [0, 0.1) is 17.8 Å². The maximum absolute atomic E-state index is 5.16. The molecule has 1 N–H and O–H groups in total. The molecular weight excluding hydrogens is 158 g/mol. The molecule has 0 atom stereocenters. The molecule has 0 saturated carbocycles. The van der Waals surface area contributed by atoms with Crippen molar-refractivity contribution in [3.8, 4) is 12.3 Å². The van der Waals surface area contributed by atoms with E-state index >= 15 is 0 Å².